The van der Waals surface area contributed by atoms with E-state index in [4.69, 9.17) is 5.73 Å². The first kappa shape index (κ1) is 9.63. The molecule has 0 aliphatic heterocycles. The number of anilines is 3. The zero-order chi connectivity index (χ0) is 10.0. The van der Waals surface area contributed by atoms with Gasteiger partial charge in [0.2, 0.25) is 0 Å². The van der Waals surface area contributed by atoms with Gasteiger partial charge in [-0.25, -0.2) is 0 Å². The van der Waals surface area contributed by atoms with Gasteiger partial charge >= 0.3 is 0 Å². The third-order valence-corrected chi connectivity index (χ3v) is 1.68. The van der Waals surface area contributed by atoms with Crippen molar-refractivity contribution in [3.8, 4) is 0 Å². The minimum absolute atomic E-state index is 0.275. The minimum Gasteiger partial charge on any atom is -0.758 e. The molecule has 0 heterocycles. The minimum atomic E-state index is 0.275. The van der Waals surface area contributed by atoms with Crippen LogP contribution < -0.4 is 15.9 Å². The van der Waals surface area contributed by atoms with Gasteiger partial charge in [0.05, 0.1) is 5.69 Å². The van der Waals surface area contributed by atoms with Crippen LogP contribution in [0.2, 0.25) is 0 Å². The van der Waals surface area contributed by atoms with E-state index < -0.39 is 0 Å². The summed E-state index contributed by atoms with van der Waals surface area (Å²) in [4.78, 5) is 0. The molecule has 2 N–H and O–H groups in total. The number of nitrogen functional groups attached to an aromatic ring is 1. The molecule has 5 nitrogen and oxygen atoms in total. The number of hydrogen-bond acceptors (Lipinski definition) is 5. The lowest BCUT2D eigenvalue weighted by molar-refractivity contribution is 1.16. The molecular weight excluding hydrogens is 170 g/mol. The summed E-state index contributed by atoms with van der Waals surface area (Å²) in [5.41, 5.74) is 6.53. The second-order valence-corrected chi connectivity index (χ2v) is 2.74. The van der Waals surface area contributed by atoms with Crippen LogP contribution in [0.5, 0.6) is 0 Å². The lowest BCUT2D eigenvalue weighted by Gasteiger charge is -2.34. The maximum atomic E-state index is 11.0. The van der Waals surface area contributed by atoms with Gasteiger partial charge in [0.1, 0.15) is 0 Å². The number of benzene rings is 1. The summed E-state index contributed by atoms with van der Waals surface area (Å²) < 4.78 is 0. The van der Waals surface area contributed by atoms with E-state index in [1.54, 1.807) is 6.07 Å². The monoisotopic (exact) mass is 181 g/mol. The molecule has 0 aromatic heterocycles. The van der Waals surface area contributed by atoms with Crippen molar-refractivity contribution in [1.82, 2.24) is 0 Å². The molecule has 1 rings (SSSR count). The van der Waals surface area contributed by atoms with Gasteiger partial charge in [-0.1, -0.05) is 0 Å². The van der Waals surface area contributed by atoms with E-state index in [1.165, 1.54) is 26.2 Å². The average molecular weight is 181 g/mol. The first-order valence-corrected chi connectivity index (χ1v) is 3.73. The summed E-state index contributed by atoms with van der Waals surface area (Å²) in [6.07, 6.45) is 0. The van der Waals surface area contributed by atoms with Gasteiger partial charge in [0.25, 0.3) is 0 Å². The second kappa shape index (κ2) is 3.51. The van der Waals surface area contributed by atoms with E-state index in [0.717, 1.165) is 0 Å². The third kappa shape index (κ3) is 2.01. The zero-order valence-corrected chi connectivity index (χ0v) is 7.52. The van der Waals surface area contributed by atoms with Crippen molar-refractivity contribution >= 4 is 17.1 Å². The maximum absolute atomic E-state index is 11.0. The van der Waals surface area contributed by atoms with Gasteiger partial charge in [-0.2, -0.15) is 0 Å². The summed E-state index contributed by atoms with van der Waals surface area (Å²) in [5.74, 6) is 0. The highest BCUT2D eigenvalue weighted by atomic mass is 16.5. The molecule has 1 aromatic rings. The van der Waals surface area contributed by atoms with Crippen molar-refractivity contribution in [2.75, 3.05) is 30.0 Å². The van der Waals surface area contributed by atoms with E-state index in [1.807, 2.05) is 0 Å². The van der Waals surface area contributed by atoms with Gasteiger partial charge in [-0.05, 0) is 32.3 Å². The molecule has 72 valence electrons. The van der Waals surface area contributed by atoms with Crippen molar-refractivity contribution in [2.45, 2.75) is 0 Å². The highest BCUT2D eigenvalue weighted by molar-refractivity contribution is 5.75. The van der Waals surface area contributed by atoms with Crippen molar-refractivity contribution in [3.05, 3.63) is 28.6 Å². The molecule has 0 saturated carbocycles. The van der Waals surface area contributed by atoms with Crippen molar-refractivity contribution < 1.29 is 0 Å². The summed E-state index contributed by atoms with van der Waals surface area (Å²) in [5, 5.41) is 23.3. The van der Waals surface area contributed by atoms with Crippen LogP contribution in [-0.4, -0.2) is 14.1 Å². The molecular formula is C8H11N3O2-2. The van der Waals surface area contributed by atoms with Gasteiger partial charge in [0, 0.05) is 11.4 Å². The summed E-state index contributed by atoms with van der Waals surface area (Å²) in [6.45, 7) is 0. The predicted molar refractivity (Wildman–Crippen MR) is 54.4 cm³/mol. The fourth-order valence-electron chi connectivity index (χ4n) is 1.06. The number of hydrogen-bond donors (Lipinski definition) is 1. The van der Waals surface area contributed by atoms with Crippen LogP contribution in [0.1, 0.15) is 0 Å². The molecule has 1 aromatic carbocycles. The molecule has 0 radical (unpaired) electrons. The van der Waals surface area contributed by atoms with Gasteiger partial charge in [-0.3, -0.25) is 0 Å². The predicted octanol–water partition coefficient (Wildman–Crippen LogP) is 1.14. The SMILES string of the molecule is CN([O-])c1ccc(N)cc1N(C)[O-]. The Kier molecular flexibility index (Phi) is 2.60. The average Bonchev–Trinajstić information content (AvgIpc) is 2.03. The number of nitrogens with zero attached hydrogens (tertiary/aromatic N) is 2. The van der Waals surface area contributed by atoms with Crippen LogP contribution in [0.15, 0.2) is 18.2 Å². The first-order valence-electron chi connectivity index (χ1n) is 3.73. The lowest BCUT2D eigenvalue weighted by Crippen LogP contribution is -2.14. The fraction of sp³-hybridized carbons (Fsp3) is 0.250. The Morgan fingerprint density at radius 2 is 1.62 bits per heavy atom. The van der Waals surface area contributed by atoms with E-state index in [0.29, 0.717) is 21.5 Å². The van der Waals surface area contributed by atoms with Gasteiger partial charge < -0.3 is 26.3 Å². The molecule has 0 spiro atoms. The van der Waals surface area contributed by atoms with E-state index in [-0.39, 0.29) is 5.69 Å². The van der Waals surface area contributed by atoms with Crippen molar-refractivity contribution in [1.29, 1.82) is 0 Å². The third-order valence-electron chi connectivity index (χ3n) is 1.68. The molecule has 0 fully saturated rings. The molecule has 13 heavy (non-hydrogen) atoms. The van der Waals surface area contributed by atoms with Gasteiger partial charge in [0.15, 0.2) is 0 Å². The van der Waals surface area contributed by atoms with Crippen LogP contribution in [0.3, 0.4) is 0 Å². The highest BCUT2D eigenvalue weighted by Gasteiger charge is 2.01. The molecule has 0 unspecified atom stereocenters. The second-order valence-electron chi connectivity index (χ2n) is 2.74. The molecule has 0 atom stereocenters. The molecule has 0 amide bonds. The Bertz CT molecular complexity index is 299. The summed E-state index contributed by atoms with van der Waals surface area (Å²) in [7, 11) is 2.65. The van der Waals surface area contributed by atoms with E-state index in [2.05, 4.69) is 0 Å². The molecule has 0 bridgehead atoms. The van der Waals surface area contributed by atoms with E-state index in [9.17, 15) is 10.4 Å². The van der Waals surface area contributed by atoms with Crippen molar-refractivity contribution in [2.24, 2.45) is 0 Å². The van der Waals surface area contributed by atoms with Crippen LogP contribution >= 0.6 is 0 Å². The Balaban J connectivity index is 3.19. The topological polar surface area (TPSA) is 78.6 Å². The standard InChI is InChI=1S/C8H11N3O2/c1-10(12)7-4-3-6(9)5-8(7)11(2)13/h3-5H,9H2,1-2H3/q-2. The van der Waals surface area contributed by atoms with E-state index >= 15 is 0 Å². The molecule has 0 aliphatic rings. The summed E-state index contributed by atoms with van der Waals surface area (Å²) >= 11 is 0. The molecule has 0 aliphatic carbocycles. The highest BCUT2D eigenvalue weighted by Crippen LogP contribution is 2.29. The van der Waals surface area contributed by atoms with Crippen LogP contribution in [0.4, 0.5) is 17.1 Å². The fourth-order valence-corrected chi connectivity index (χ4v) is 1.06. The zero-order valence-electron chi connectivity index (χ0n) is 7.52. The van der Waals surface area contributed by atoms with Gasteiger partial charge in [-0.15, -0.1) is 0 Å². The summed E-state index contributed by atoms with van der Waals surface area (Å²) in [6, 6.07) is 4.57. The number of hydroxylamine groups is 2. The smallest absolute Gasteiger partial charge is 0.0507 e. The largest absolute Gasteiger partial charge is 0.758 e. The molecule has 0 saturated heterocycles. The normalized spacial score (nSPS) is 9.85. The Morgan fingerprint density at radius 3 is 2.08 bits per heavy atom. The quantitative estimate of drug-likeness (QED) is 0.546. The lowest BCUT2D eigenvalue weighted by atomic mass is 10.2. The van der Waals surface area contributed by atoms with Crippen LogP contribution in [0.25, 0.3) is 0 Å². The first-order chi connectivity index (χ1) is 6.02. The number of rotatable bonds is 2. The van der Waals surface area contributed by atoms with Crippen LogP contribution in [-0.2, 0) is 0 Å². The Morgan fingerprint density at radius 1 is 1.08 bits per heavy atom. The van der Waals surface area contributed by atoms with Crippen LogP contribution in [0, 0.1) is 10.4 Å². The Hall–Kier alpha value is -1.46. The molecule has 5 heteroatoms. The Labute approximate surface area is 76.5 Å². The maximum Gasteiger partial charge on any atom is 0.0507 e. The number of nitrogens with two attached hydrogens (primary N) is 1. The van der Waals surface area contributed by atoms with Crippen molar-refractivity contribution in [3.63, 3.8) is 0 Å².